The van der Waals surface area contributed by atoms with E-state index in [1.54, 1.807) is 6.92 Å². The van der Waals surface area contributed by atoms with E-state index in [0.29, 0.717) is 18.9 Å². The second-order valence-electron chi connectivity index (χ2n) is 4.95. The van der Waals surface area contributed by atoms with Crippen LogP contribution in [0.4, 0.5) is 4.79 Å². The lowest BCUT2D eigenvalue weighted by molar-refractivity contribution is -0.141. The average Bonchev–Trinajstić information content (AvgIpc) is 2.39. The minimum atomic E-state index is -0.864. The first kappa shape index (κ1) is 17.7. The molecule has 0 aliphatic heterocycles. The number of hydrogen-bond donors (Lipinski definition) is 3. The molecule has 0 aromatic carbocycles. The Kier molecular flexibility index (Phi) is 9.94. The van der Waals surface area contributed by atoms with Gasteiger partial charge in [-0.05, 0) is 18.8 Å². The minimum Gasteiger partial charge on any atom is -0.481 e. The van der Waals surface area contributed by atoms with E-state index in [-0.39, 0.29) is 12.6 Å². The van der Waals surface area contributed by atoms with Crippen molar-refractivity contribution in [3.63, 3.8) is 0 Å². The number of carbonyl (C=O) groups is 2. The van der Waals surface area contributed by atoms with Crippen molar-refractivity contribution in [3.8, 4) is 0 Å². The van der Waals surface area contributed by atoms with Gasteiger partial charge in [0.05, 0.1) is 5.92 Å². The number of urea groups is 1. The molecule has 2 unspecified atom stereocenters. The van der Waals surface area contributed by atoms with Crippen LogP contribution in [0.2, 0.25) is 0 Å². The molecule has 0 bridgehead atoms. The predicted octanol–water partition coefficient (Wildman–Crippen LogP) is 2.61. The van der Waals surface area contributed by atoms with Crippen molar-refractivity contribution < 1.29 is 14.7 Å². The second-order valence-corrected chi connectivity index (χ2v) is 4.95. The van der Waals surface area contributed by atoms with E-state index < -0.39 is 11.9 Å². The van der Waals surface area contributed by atoms with E-state index in [2.05, 4.69) is 24.5 Å². The number of carboxylic acids is 1. The van der Waals surface area contributed by atoms with E-state index >= 15 is 0 Å². The van der Waals surface area contributed by atoms with Gasteiger partial charge in [0.15, 0.2) is 0 Å². The van der Waals surface area contributed by atoms with Crippen LogP contribution in [0.25, 0.3) is 0 Å². The zero-order valence-electron chi connectivity index (χ0n) is 12.4. The Hall–Kier alpha value is -1.26. The van der Waals surface area contributed by atoms with Crippen LogP contribution in [0.5, 0.6) is 0 Å². The highest BCUT2D eigenvalue weighted by molar-refractivity contribution is 5.75. The van der Waals surface area contributed by atoms with E-state index in [1.807, 2.05) is 0 Å². The van der Waals surface area contributed by atoms with E-state index in [9.17, 15) is 9.59 Å². The number of hydrogen-bond acceptors (Lipinski definition) is 2. The van der Waals surface area contributed by atoms with E-state index in [1.165, 1.54) is 12.8 Å². The van der Waals surface area contributed by atoms with Gasteiger partial charge in [0.2, 0.25) is 0 Å². The topological polar surface area (TPSA) is 78.4 Å². The Bertz CT molecular complexity index is 269. The van der Waals surface area contributed by atoms with Gasteiger partial charge in [-0.1, -0.05) is 40.0 Å². The summed E-state index contributed by atoms with van der Waals surface area (Å²) >= 11 is 0. The van der Waals surface area contributed by atoms with Crippen molar-refractivity contribution in [1.82, 2.24) is 10.6 Å². The van der Waals surface area contributed by atoms with Crippen LogP contribution >= 0.6 is 0 Å². The molecule has 2 amide bonds. The Labute approximate surface area is 116 Å². The molecule has 0 saturated carbocycles. The lowest BCUT2D eigenvalue weighted by atomic mass is 9.99. The lowest BCUT2D eigenvalue weighted by Gasteiger charge is -2.16. The van der Waals surface area contributed by atoms with Crippen LogP contribution in [0.15, 0.2) is 0 Å². The molecule has 0 heterocycles. The molecular formula is C14H28N2O3. The summed E-state index contributed by atoms with van der Waals surface area (Å²) in [5.74, 6) is -0.864. The summed E-state index contributed by atoms with van der Waals surface area (Å²) in [4.78, 5) is 22.4. The molecule has 0 aromatic heterocycles. The highest BCUT2D eigenvalue weighted by Crippen LogP contribution is 2.11. The maximum atomic E-state index is 11.6. The van der Waals surface area contributed by atoms with Crippen LogP contribution < -0.4 is 10.6 Å². The van der Waals surface area contributed by atoms with Gasteiger partial charge in [-0.15, -0.1) is 0 Å². The fourth-order valence-corrected chi connectivity index (χ4v) is 1.87. The summed E-state index contributed by atoms with van der Waals surface area (Å²) in [6, 6.07) is -0.269. The predicted molar refractivity (Wildman–Crippen MR) is 76.1 cm³/mol. The van der Waals surface area contributed by atoms with Crippen molar-refractivity contribution in [3.05, 3.63) is 0 Å². The summed E-state index contributed by atoms with van der Waals surface area (Å²) in [5.41, 5.74) is 0. The standard InChI is InChI=1S/C14H28N2O3/c1-4-7-8-11(5-2)9-15-14(19)16-10-12(6-3)13(17)18/h11-12H,4-10H2,1-3H3,(H,17,18)(H2,15,16,19). The zero-order valence-corrected chi connectivity index (χ0v) is 12.4. The molecule has 0 aromatic rings. The Morgan fingerprint density at radius 2 is 1.68 bits per heavy atom. The maximum absolute atomic E-state index is 11.6. The molecule has 3 N–H and O–H groups in total. The lowest BCUT2D eigenvalue weighted by Crippen LogP contribution is -2.41. The third-order valence-electron chi connectivity index (χ3n) is 3.45. The molecule has 5 nitrogen and oxygen atoms in total. The number of carbonyl (C=O) groups excluding carboxylic acids is 1. The first-order chi connectivity index (χ1) is 9.04. The molecule has 0 fully saturated rings. The summed E-state index contributed by atoms with van der Waals surface area (Å²) in [5, 5.41) is 14.3. The second kappa shape index (κ2) is 10.6. The first-order valence-electron chi connectivity index (χ1n) is 7.29. The molecule has 2 atom stereocenters. The number of rotatable bonds is 10. The quantitative estimate of drug-likeness (QED) is 0.572. The fraction of sp³-hybridized carbons (Fsp3) is 0.857. The van der Waals surface area contributed by atoms with Crippen molar-refractivity contribution >= 4 is 12.0 Å². The van der Waals surface area contributed by atoms with Crippen LogP contribution in [0.3, 0.4) is 0 Å². The first-order valence-corrected chi connectivity index (χ1v) is 7.29. The molecule has 0 aliphatic rings. The largest absolute Gasteiger partial charge is 0.481 e. The Morgan fingerprint density at radius 3 is 2.16 bits per heavy atom. The van der Waals surface area contributed by atoms with Gasteiger partial charge in [0.1, 0.15) is 0 Å². The molecule has 0 rings (SSSR count). The number of amides is 2. The molecule has 5 heteroatoms. The average molecular weight is 272 g/mol. The Balaban J connectivity index is 3.87. The van der Waals surface area contributed by atoms with Gasteiger partial charge in [0, 0.05) is 13.1 Å². The van der Waals surface area contributed by atoms with Crippen molar-refractivity contribution in [2.24, 2.45) is 11.8 Å². The van der Waals surface area contributed by atoms with Gasteiger partial charge in [-0.2, -0.15) is 0 Å². The van der Waals surface area contributed by atoms with Gasteiger partial charge < -0.3 is 15.7 Å². The number of carboxylic acid groups (broad SMARTS) is 1. The Morgan fingerprint density at radius 1 is 1.05 bits per heavy atom. The summed E-state index contributed by atoms with van der Waals surface area (Å²) in [6.07, 6.45) is 5.04. The molecule has 0 spiro atoms. The summed E-state index contributed by atoms with van der Waals surface area (Å²) < 4.78 is 0. The van der Waals surface area contributed by atoms with Crippen molar-refractivity contribution in [1.29, 1.82) is 0 Å². The van der Waals surface area contributed by atoms with Crippen molar-refractivity contribution in [2.45, 2.75) is 52.9 Å². The van der Waals surface area contributed by atoms with Crippen LogP contribution in [-0.2, 0) is 4.79 Å². The third kappa shape index (κ3) is 8.46. The van der Waals surface area contributed by atoms with Crippen LogP contribution in [0, 0.1) is 11.8 Å². The van der Waals surface area contributed by atoms with Crippen LogP contribution in [-0.4, -0.2) is 30.2 Å². The monoisotopic (exact) mass is 272 g/mol. The van der Waals surface area contributed by atoms with E-state index in [4.69, 9.17) is 5.11 Å². The SMILES string of the molecule is CCCCC(CC)CNC(=O)NCC(CC)C(=O)O. The van der Waals surface area contributed by atoms with Gasteiger partial charge in [0.25, 0.3) is 0 Å². The fourth-order valence-electron chi connectivity index (χ4n) is 1.87. The molecule has 0 radical (unpaired) electrons. The number of unbranched alkanes of at least 4 members (excludes halogenated alkanes) is 1. The normalized spacial score (nSPS) is 13.6. The maximum Gasteiger partial charge on any atom is 0.314 e. The summed E-state index contributed by atoms with van der Waals surface area (Å²) in [7, 11) is 0. The highest BCUT2D eigenvalue weighted by Gasteiger charge is 2.16. The molecule has 112 valence electrons. The molecule has 0 saturated heterocycles. The van der Waals surface area contributed by atoms with Crippen molar-refractivity contribution in [2.75, 3.05) is 13.1 Å². The minimum absolute atomic E-state index is 0.184. The molecule has 0 aliphatic carbocycles. The van der Waals surface area contributed by atoms with E-state index in [0.717, 1.165) is 12.8 Å². The van der Waals surface area contributed by atoms with Crippen LogP contribution in [0.1, 0.15) is 52.9 Å². The number of aliphatic carboxylic acids is 1. The summed E-state index contributed by atoms with van der Waals surface area (Å²) in [6.45, 7) is 6.92. The zero-order chi connectivity index (χ0) is 14.7. The molecule has 19 heavy (non-hydrogen) atoms. The smallest absolute Gasteiger partial charge is 0.314 e. The highest BCUT2D eigenvalue weighted by atomic mass is 16.4. The van der Waals surface area contributed by atoms with Gasteiger partial charge >= 0.3 is 12.0 Å². The third-order valence-corrected chi connectivity index (χ3v) is 3.45. The van der Waals surface area contributed by atoms with Gasteiger partial charge in [-0.3, -0.25) is 4.79 Å². The van der Waals surface area contributed by atoms with Gasteiger partial charge in [-0.25, -0.2) is 4.79 Å². The molecular weight excluding hydrogens is 244 g/mol. The number of nitrogens with one attached hydrogen (secondary N) is 2.